The Balaban J connectivity index is 2.24. The van der Waals surface area contributed by atoms with Gasteiger partial charge in [-0.15, -0.1) is 0 Å². The number of rotatable bonds is 1. The molecule has 82 valence electrons. The molecule has 2 heterocycles. The van der Waals surface area contributed by atoms with Crippen LogP contribution < -0.4 is 10.2 Å². The lowest BCUT2D eigenvalue weighted by Crippen LogP contribution is -2.28. The summed E-state index contributed by atoms with van der Waals surface area (Å²) < 4.78 is 8.31. The normalized spacial score (nSPS) is 15.8. The number of halogens is 1. The average molecular weight is 255 g/mol. The molecule has 0 aliphatic carbocycles. The molecule has 0 bridgehead atoms. The SMILES string of the molecule is O=C1NCCN1c1c(Cl)ccc2nsnc12. The van der Waals surface area contributed by atoms with Crippen LogP contribution in [0.3, 0.4) is 0 Å². The number of nitrogens with zero attached hydrogens (tertiary/aromatic N) is 3. The molecule has 2 amide bonds. The third-order valence-electron chi connectivity index (χ3n) is 2.48. The highest BCUT2D eigenvalue weighted by Crippen LogP contribution is 2.33. The third-order valence-corrected chi connectivity index (χ3v) is 3.33. The molecule has 1 aliphatic rings. The summed E-state index contributed by atoms with van der Waals surface area (Å²) in [4.78, 5) is 13.2. The number of amides is 2. The summed E-state index contributed by atoms with van der Waals surface area (Å²) in [7, 11) is 0. The van der Waals surface area contributed by atoms with Crippen molar-refractivity contribution in [1.82, 2.24) is 14.1 Å². The average Bonchev–Trinajstić information content (AvgIpc) is 2.87. The van der Waals surface area contributed by atoms with Crippen LogP contribution in [0.25, 0.3) is 11.0 Å². The fraction of sp³-hybridized carbons (Fsp3) is 0.222. The number of aromatic nitrogens is 2. The van der Waals surface area contributed by atoms with Crippen molar-refractivity contribution in [2.24, 2.45) is 0 Å². The molecule has 0 saturated carbocycles. The van der Waals surface area contributed by atoms with Gasteiger partial charge < -0.3 is 5.32 Å². The van der Waals surface area contributed by atoms with Crippen molar-refractivity contribution in [3.05, 3.63) is 17.2 Å². The first kappa shape index (κ1) is 9.80. The molecule has 3 rings (SSSR count). The van der Waals surface area contributed by atoms with Gasteiger partial charge in [0.2, 0.25) is 0 Å². The van der Waals surface area contributed by atoms with Gasteiger partial charge >= 0.3 is 6.03 Å². The smallest absolute Gasteiger partial charge is 0.322 e. The number of benzene rings is 1. The second-order valence-corrected chi connectivity index (χ2v) is 4.35. The molecule has 0 spiro atoms. The van der Waals surface area contributed by atoms with Crippen LogP contribution in [0.5, 0.6) is 0 Å². The van der Waals surface area contributed by atoms with E-state index in [-0.39, 0.29) is 6.03 Å². The van der Waals surface area contributed by atoms with Gasteiger partial charge in [0.15, 0.2) is 0 Å². The molecule has 1 aromatic carbocycles. The summed E-state index contributed by atoms with van der Waals surface area (Å²) in [5.74, 6) is 0. The minimum Gasteiger partial charge on any atom is -0.336 e. The van der Waals surface area contributed by atoms with Crippen molar-refractivity contribution < 1.29 is 4.79 Å². The highest BCUT2D eigenvalue weighted by atomic mass is 35.5. The van der Waals surface area contributed by atoms with E-state index in [4.69, 9.17) is 11.6 Å². The molecule has 1 saturated heterocycles. The van der Waals surface area contributed by atoms with E-state index in [1.165, 1.54) is 0 Å². The van der Waals surface area contributed by atoms with E-state index >= 15 is 0 Å². The van der Waals surface area contributed by atoms with Gasteiger partial charge in [-0.3, -0.25) is 4.90 Å². The van der Waals surface area contributed by atoms with Crippen LogP contribution in [0.15, 0.2) is 12.1 Å². The molecule has 7 heteroatoms. The lowest BCUT2D eigenvalue weighted by molar-refractivity contribution is 0.252. The first-order valence-electron chi connectivity index (χ1n) is 4.73. The first-order chi connectivity index (χ1) is 7.77. The minimum absolute atomic E-state index is 0.137. The van der Waals surface area contributed by atoms with Gasteiger partial charge in [0.25, 0.3) is 0 Å². The summed E-state index contributed by atoms with van der Waals surface area (Å²) in [6.07, 6.45) is 0. The molecule has 0 unspecified atom stereocenters. The monoisotopic (exact) mass is 254 g/mol. The van der Waals surface area contributed by atoms with Crippen LogP contribution in [-0.4, -0.2) is 27.9 Å². The molecule has 1 aromatic heterocycles. The van der Waals surface area contributed by atoms with Crippen molar-refractivity contribution in [3.63, 3.8) is 0 Å². The zero-order chi connectivity index (χ0) is 11.1. The van der Waals surface area contributed by atoms with E-state index in [9.17, 15) is 4.79 Å². The van der Waals surface area contributed by atoms with Crippen LogP contribution in [0, 0.1) is 0 Å². The summed E-state index contributed by atoms with van der Waals surface area (Å²) >= 11 is 7.24. The molecule has 0 radical (unpaired) electrons. The van der Waals surface area contributed by atoms with E-state index in [0.717, 1.165) is 17.2 Å². The maximum Gasteiger partial charge on any atom is 0.322 e. The fourth-order valence-corrected chi connectivity index (χ4v) is 2.55. The lowest BCUT2D eigenvalue weighted by atomic mass is 10.2. The summed E-state index contributed by atoms with van der Waals surface area (Å²) in [6.45, 7) is 1.23. The van der Waals surface area contributed by atoms with Crippen molar-refractivity contribution in [3.8, 4) is 0 Å². The molecule has 2 aromatic rings. The van der Waals surface area contributed by atoms with Crippen LogP contribution in [0.2, 0.25) is 5.02 Å². The Morgan fingerprint density at radius 2 is 2.31 bits per heavy atom. The fourth-order valence-electron chi connectivity index (χ4n) is 1.75. The quantitative estimate of drug-likeness (QED) is 0.845. The Bertz CT molecular complexity index is 570. The van der Waals surface area contributed by atoms with Gasteiger partial charge in [0.1, 0.15) is 11.0 Å². The van der Waals surface area contributed by atoms with Gasteiger partial charge in [-0.1, -0.05) is 11.6 Å². The van der Waals surface area contributed by atoms with E-state index in [1.807, 2.05) is 0 Å². The lowest BCUT2D eigenvalue weighted by Gasteiger charge is -2.15. The Kier molecular flexibility index (Phi) is 2.19. The summed E-state index contributed by atoms with van der Waals surface area (Å²) in [5.41, 5.74) is 2.11. The standard InChI is InChI=1S/C9H7ClN4OS/c10-5-1-2-6-7(13-16-12-6)8(5)14-4-3-11-9(14)15/h1-2H,3-4H2,(H,11,15). The van der Waals surface area contributed by atoms with E-state index in [0.29, 0.717) is 29.3 Å². The number of carbonyl (C=O) groups is 1. The molecular formula is C9H7ClN4OS. The second kappa shape index (κ2) is 3.57. The molecule has 5 nitrogen and oxygen atoms in total. The maximum absolute atomic E-state index is 11.6. The predicted molar refractivity (Wildman–Crippen MR) is 63.2 cm³/mol. The van der Waals surface area contributed by atoms with Gasteiger partial charge in [-0.25, -0.2) is 4.79 Å². The van der Waals surface area contributed by atoms with Crippen molar-refractivity contribution in [2.45, 2.75) is 0 Å². The highest BCUT2D eigenvalue weighted by Gasteiger charge is 2.26. The third kappa shape index (κ3) is 1.34. The molecule has 1 fully saturated rings. The van der Waals surface area contributed by atoms with E-state index < -0.39 is 0 Å². The largest absolute Gasteiger partial charge is 0.336 e. The van der Waals surface area contributed by atoms with Crippen LogP contribution >= 0.6 is 23.3 Å². The number of anilines is 1. The Morgan fingerprint density at radius 3 is 3.06 bits per heavy atom. The van der Waals surface area contributed by atoms with Crippen molar-refractivity contribution in [2.75, 3.05) is 18.0 Å². The number of hydrogen-bond acceptors (Lipinski definition) is 4. The Labute approximate surface area is 100 Å². The molecule has 1 aliphatic heterocycles. The zero-order valence-electron chi connectivity index (χ0n) is 8.11. The second-order valence-electron chi connectivity index (χ2n) is 3.41. The number of nitrogens with one attached hydrogen (secondary N) is 1. The maximum atomic E-state index is 11.6. The first-order valence-corrected chi connectivity index (χ1v) is 5.84. The van der Waals surface area contributed by atoms with E-state index in [2.05, 4.69) is 14.1 Å². The topological polar surface area (TPSA) is 58.1 Å². The minimum atomic E-state index is -0.137. The van der Waals surface area contributed by atoms with Gasteiger partial charge in [-0.05, 0) is 12.1 Å². The molecule has 1 N–H and O–H groups in total. The number of carbonyl (C=O) groups excluding carboxylic acids is 1. The predicted octanol–water partition coefficient (Wildman–Crippen LogP) is 1.87. The van der Waals surface area contributed by atoms with Crippen LogP contribution in [0.1, 0.15) is 0 Å². The van der Waals surface area contributed by atoms with Crippen molar-refractivity contribution in [1.29, 1.82) is 0 Å². The zero-order valence-corrected chi connectivity index (χ0v) is 9.68. The van der Waals surface area contributed by atoms with E-state index in [1.54, 1.807) is 17.0 Å². The van der Waals surface area contributed by atoms with Gasteiger partial charge in [0, 0.05) is 13.1 Å². The molecular weight excluding hydrogens is 248 g/mol. The number of urea groups is 1. The van der Waals surface area contributed by atoms with Crippen LogP contribution in [-0.2, 0) is 0 Å². The highest BCUT2D eigenvalue weighted by molar-refractivity contribution is 7.00. The number of hydrogen-bond donors (Lipinski definition) is 1. The number of fused-ring (bicyclic) bond motifs is 1. The van der Waals surface area contributed by atoms with Crippen LogP contribution in [0.4, 0.5) is 10.5 Å². The Hall–Kier alpha value is -1.40. The van der Waals surface area contributed by atoms with Crippen molar-refractivity contribution >= 4 is 46.1 Å². The summed E-state index contributed by atoms with van der Waals surface area (Å²) in [5, 5.41) is 3.26. The van der Waals surface area contributed by atoms with Gasteiger partial charge in [-0.2, -0.15) is 8.75 Å². The molecule has 0 atom stereocenters. The van der Waals surface area contributed by atoms with Gasteiger partial charge in [0.05, 0.1) is 22.4 Å². The Morgan fingerprint density at radius 1 is 1.44 bits per heavy atom. The molecule has 16 heavy (non-hydrogen) atoms. The summed E-state index contributed by atoms with van der Waals surface area (Å²) in [6, 6.07) is 3.41.